The van der Waals surface area contributed by atoms with Gasteiger partial charge in [0.2, 0.25) is 0 Å². The molecular formula is C10H17ClN2O3S. The maximum atomic E-state index is 11.4. The lowest BCUT2D eigenvalue weighted by Crippen LogP contribution is -2.12. The second-order valence-electron chi connectivity index (χ2n) is 4.11. The van der Waals surface area contributed by atoms with E-state index in [0.29, 0.717) is 24.8 Å². The van der Waals surface area contributed by atoms with E-state index in [1.54, 1.807) is 4.68 Å². The van der Waals surface area contributed by atoms with Gasteiger partial charge in [-0.05, 0) is 12.8 Å². The molecule has 17 heavy (non-hydrogen) atoms. The summed E-state index contributed by atoms with van der Waals surface area (Å²) in [5, 5.41) is 4.05. The van der Waals surface area contributed by atoms with Crippen LogP contribution >= 0.6 is 10.7 Å². The molecular weight excluding hydrogens is 264 g/mol. The van der Waals surface area contributed by atoms with Crippen molar-refractivity contribution >= 4 is 19.7 Å². The maximum Gasteiger partial charge on any atom is 0.264 e. The number of ether oxygens (including phenoxy) is 1. The number of aromatic nitrogens is 2. The zero-order valence-electron chi connectivity index (χ0n) is 10.2. The highest BCUT2D eigenvalue weighted by atomic mass is 35.7. The van der Waals surface area contributed by atoms with Gasteiger partial charge in [-0.15, -0.1) is 0 Å². The Morgan fingerprint density at radius 3 is 2.65 bits per heavy atom. The van der Waals surface area contributed by atoms with Crippen LogP contribution in [0.5, 0.6) is 0 Å². The molecule has 5 nitrogen and oxygen atoms in total. The van der Waals surface area contributed by atoms with Gasteiger partial charge in [-0.2, -0.15) is 5.10 Å². The molecule has 0 aromatic carbocycles. The summed E-state index contributed by atoms with van der Waals surface area (Å²) < 4.78 is 29.6. The van der Waals surface area contributed by atoms with Gasteiger partial charge in [-0.3, -0.25) is 4.68 Å². The van der Waals surface area contributed by atoms with E-state index in [1.807, 2.05) is 20.8 Å². The minimum atomic E-state index is -3.77. The van der Waals surface area contributed by atoms with Crippen molar-refractivity contribution in [2.75, 3.05) is 6.61 Å². The summed E-state index contributed by atoms with van der Waals surface area (Å²) in [7, 11) is 1.59. The van der Waals surface area contributed by atoms with Crippen molar-refractivity contribution in [3.05, 3.63) is 11.9 Å². The lowest BCUT2D eigenvalue weighted by Gasteiger charge is -2.10. The van der Waals surface area contributed by atoms with Gasteiger partial charge in [0.25, 0.3) is 9.05 Å². The monoisotopic (exact) mass is 280 g/mol. The first-order valence-electron chi connectivity index (χ1n) is 5.43. The summed E-state index contributed by atoms with van der Waals surface area (Å²) in [6.07, 6.45) is 1.28. The van der Waals surface area contributed by atoms with E-state index in [1.165, 1.54) is 6.20 Å². The van der Waals surface area contributed by atoms with E-state index in [0.717, 1.165) is 0 Å². The molecule has 0 amide bonds. The highest BCUT2D eigenvalue weighted by molar-refractivity contribution is 8.13. The second-order valence-corrected chi connectivity index (χ2v) is 6.64. The van der Waals surface area contributed by atoms with E-state index in [4.69, 9.17) is 15.4 Å². The number of hydrogen-bond donors (Lipinski definition) is 0. The number of hydrogen-bond acceptors (Lipinski definition) is 4. The van der Waals surface area contributed by atoms with E-state index in [2.05, 4.69) is 5.10 Å². The van der Waals surface area contributed by atoms with Gasteiger partial charge in [-0.25, -0.2) is 8.42 Å². The molecule has 0 fully saturated rings. The van der Waals surface area contributed by atoms with Gasteiger partial charge < -0.3 is 4.74 Å². The molecule has 0 bridgehead atoms. The van der Waals surface area contributed by atoms with Crippen molar-refractivity contribution in [2.24, 2.45) is 5.92 Å². The van der Waals surface area contributed by atoms with Crippen molar-refractivity contribution < 1.29 is 13.2 Å². The first kappa shape index (κ1) is 14.5. The Balaban J connectivity index is 3.10. The standard InChI is InChI=1S/C10H17ClN2O3S/c1-4-16-7-9-10(17(11,14)15)5-12-13(9)6-8(2)3/h5,8H,4,6-7H2,1-3H3. The van der Waals surface area contributed by atoms with Crippen molar-refractivity contribution in [3.63, 3.8) is 0 Å². The highest BCUT2D eigenvalue weighted by Crippen LogP contribution is 2.21. The summed E-state index contributed by atoms with van der Waals surface area (Å²) >= 11 is 0. The molecule has 0 saturated carbocycles. The van der Waals surface area contributed by atoms with Crippen LogP contribution in [0.25, 0.3) is 0 Å². The minimum absolute atomic E-state index is 0.0354. The Kier molecular flexibility index (Phi) is 4.97. The fraction of sp³-hybridized carbons (Fsp3) is 0.700. The average molecular weight is 281 g/mol. The zero-order chi connectivity index (χ0) is 13.1. The summed E-state index contributed by atoms with van der Waals surface area (Å²) in [6.45, 7) is 7.24. The first-order chi connectivity index (χ1) is 7.86. The SMILES string of the molecule is CCOCc1c(S(=O)(=O)Cl)cnn1CC(C)C. The normalized spacial score (nSPS) is 12.3. The van der Waals surface area contributed by atoms with Crippen LogP contribution in [0, 0.1) is 5.92 Å². The topological polar surface area (TPSA) is 61.2 Å². The van der Waals surface area contributed by atoms with Gasteiger partial charge in [-0.1, -0.05) is 13.8 Å². The summed E-state index contributed by atoms with van der Waals surface area (Å²) in [5.74, 6) is 0.362. The lowest BCUT2D eigenvalue weighted by atomic mass is 10.2. The largest absolute Gasteiger partial charge is 0.375 e. The average Bonchev–Trinajstić information content (AvgIpc) is 2.56. The molecule has 1 rings (SSSR count). The molecule has 0 N–H and O–H groups in total. The fourth-order valence-corrected chi connectivity index (χ4v) is 2.45. The molecule has 1 aromatic rings. The Labute approximate surface area is 106 Å². The van der Waals surface area contributed by atoms with Gasteiger partial charge in [0.05, 0.1) is 18.5 Å². The molecule has 0 unspecified atom stereocenters. The predicted octanol–water partition coefficient (Wildman–Crippen LogP) is 2.00. The fourth-order valence-electron chi connectivity index (χ4n) is 1.44. The molecule has 0 atom stereocenters. The molecule has 7 heteroatoms. The molecule has 0 spiro atoms. The number of halogens is 1. The van der Waals surface area contributed by atoms with Crippen LogP contribution in [-0.2, 0) is 26.9 Å². The van der Waals surface area contributed by atoms with Crippen molar-refractivity contribution in [1.29, 1.82) is 0 Å². The van der Waals surface area contributed by atoms with Crippen LogP contribution in [0.2, 0.25) is 0 Å². The molecule has 0 aliphatic heterocycles. The number of rotatable bonds is 6. The van der Waals surface area contributed by atoms with Gasteiger partial charge in [0.15, 0.2) is 0 Å². The molecule has 1 aromatic heterocycles. The van der Waals surface area contributed by atoms with Crippen LogP contribution in [-0.4, -0.2) is 24.8 Å². The summed E-state index contributed by atoms with van der Waals surface area (Å²) in [6, 6.07) is 0. The Morgan fingerprint density at radius 1 is 1.53 bits per heavy atom. The van der Waals surface area contributed by atoms with Crippen molar-refractivity contribution in [1.82, 2.24) is 9.78 Å². The maximum absolute atomic E-state index is 11.4. The third kappa shape index (κ3) is 3.97. The van der Waals surface area contributed by atoms with Crippen LogP contribution in [0.4, 0.5) is 0 Å². The summed E-state index contributed by atoms with van der Waals surface area (Å²) in [4.78, 5) is 0.0354. The molecule has 0 saturated heterocycles. The lowest BCUT2D eigenvalue weighted by molar-refractivity contribution is 0.125. The summed E-state index contributed by atoms with van der Waals surface area (Å²) in [5.41, 5.74) is 0.510. The third-order valence-corrected chi connectivity index (χ3v) is 3.52. The highest BCUT2D eigenvalue weighted by Gasteiger charge is 2.21. The van der Waals surface area contributed by atoms with Crippen molar-refractivity contribution in [2.45, 2.75) is 38.8 Å². The Bertz CT molecular complexity index is 468. The molecule has 0 aliphatic rings. The van der Waals surface area contributed by atoms with E-state index in [-0.39, 0.29) is 11.5 Å². The van der Waals surface area contributed by atoms with Gasteiger partial charge >= 0.3 is 0 Å². The van der Waals surface area contributed by atoms with Gasteiger partial charge in [0, 0.05) is 23.8 Å². The van der Waals surface area contributed by atoms with Crippen LogP contribution in [0.3, 0.4) is 0 Å². The smallest absolute Gasteiger partial charge is 0.264 e. The van der Waals surface area contributed by atoms with E-state index in [9.17, 15) is 8.42 Å². The number of nitrogens with zero attached hydrogens (tertiary/aromatic N) is 2. The van der Waals surface area contributed by atoms with E-state index < -0.39 is 9.05 Å². The van der Waals surface area contributed by atoms with Crippen LogP contribution in [0.1, 0.15) is 26.5 Å². The zero-order valence-corrected chi connectivity index (χ0v) is 11.8. The molecule has 1 heterocycles. The molecule has 0 aliphatic carbocycles. The minimum Gasteiger partial charge on any atom is -0.375 e. The molecule has 0 radical (unpaired) electrons. The Hall–Kier alpha value is -0.590. The van der Waals surface area contributed by atoms with Crippen LogP contribution in [0.15, 0.2) is 11.1 Å². The first-order valence-corrected chi connectivity index (χ1v) is 7.74. The molecule has 98 valence electrons. The predicted molar refractivity (Wildman–Crippen MR) is 65.4 cm³/mol. The van der Waals surface area contributed by atoms with Crippen LogP contribution < -0.4 is 0 Å². The second kappa shape index (κ2) is 5.84. The Morgan fingerprint density at radius 2 is 2.18 bits per heavy atom. The quantitative estimate of drug-likeness (QED) is 0.748. The van der Waals surface area contributed by atoms with Gasteiger partial charge in [0.1, 0.15) is 4.90 Å². The van der Waals surface area contributed by atoms with E-state index >= 15 is 0 Å². The van der Waals surface area contributed by atoms with Crippen molar-refractivity contribution in [3.8, 4) is 0 Å². The third-order valence-electron chi connectivity index (χ3n) is 2.15.